The highest BCUT2D eigenvalue weighted by atomic mass is 16.5. The van der Waals surface area contributed by atoms with Gasteiger partial charge in [0.15, 0.2) is 0 Å². The molecule has 0 spiro atoms. The molecule has 1 atom stereocenters. The van der Waals surface area contributed by atoms with E-state index in [0.29, 0.717) is 25.3 Å². The van der Waals surface area contributed by atoms with E-state index in [0.717, 1.165) is 17.7 Å². The van der Waals surface area contributed by atoms with Crippen molar-refractivity contribution in [2.24, 2.45) is 5.73 Å². The van der Waals surface area contributed by atoms with Crippen molar-refractivity contribution in [3.05, 3.63) is 23.8 Å². The summed E-state index contributed by atoms with van der Waals surface area (Å²) in [6.07, 6.45) is 0.722. The number of urea groups is 1. The Labute approximate surface area is 136 Å². The zero-order chi connectivity index (χ0) is 16.8. The molecule has 0 saturated heterocycles. The lowest BCUT2D eigenvalue weighted by molar-refractivity contribution is -0.118. The molecule has 3 amide bonds. The summed E-state index contributed by atoms with van der Waals surface area (Å²) in [5, 5.41) is 5.63. The van der Waals surface area contributed by atoms with Gasteiger partial charge < -0.3 is 21.1 Å². The van der Waals surface area contributed by atoms with E-state index in [1.54, 1.807) is 4.90 Å². The molecule has 1 aromatic rings. The third-order valence-corrected chi connectivity index (χ3v) is 3.85. The Bertz CT molecular complexity index is 572. The van der Waals surface area contributed by atoms with Crippen molar-refractivity contribution in [3.63, 3.8) is 0 Å². The van der Waals surface area contributed by atoms with Crippen molar-refractivity contribution in [2.45, 2.75) is 25.9 Å². The van der Waals surface area contributed by atoms with Crippen LogP contribution in [0.1, 0.15) is 18.9 Å². The second-order valence-corrected chi connectivity index (χ2v) is 5.43. The number of nitrogens with two attached hydrogens (primary N) is 1. The summed E-state index contributed by atoms with van der Waals surface area (Å²) in [7, 11) is 1.53. The van der Waals surface area contributed by atoms with E-state index in [4.69, 9.17) is 10.5 Å². The molecule has 0 aromatic heterocycles. The number of amides is 3. The number of fused-ring (bicyclic) bond motifs is 1. The molecule has 126 valence electrons. The monoisotopic (exact) mass is 320 g/mol. The van der Waals surface area contributed by atoms with E-state index in [-0.39, 0.29) is 24.5 Å². The molecule has 0 fully saturated rings. The van der Waals surface area contributed by atoms with Crippen LogP contribution in [0, 0.1) is 0 Å². The normalized spacial score (nSPS) is 14.3. The van der Waals surface area contributed by atoms with Crippen LogP contribution in [0.5, 0.6) is 0 Å². The van der Waals surface area contributed by atoms with Gasteiger partial charge >= 0.3 is 6.03 Å². The highest BCUT2D eigenvalue weighted by Gasteiger charge is 2.24. The molecule has 0 aliphatic carbocycles. The smallest absolute Gasteiger partial charge is 0.321 e. The highest BCUT2D eigenvalue weighted by Crippen LogP contribution is 2.30. The van der Waals surface area contributed by atoms with Crippen molar-refractivity contribution in [2.75, 3.05) is 37.0 Å². The van der Waals surface area contributed by atoms with Gasteiger partial charge in [-0.15, -0.1) is 0 Å². The molecule has 2 rings (SSSR count). The number of ether oxygens (including phenoxy) is 1. The molecule has 1 aliphatic heterocycles. The predicted molar refractivity (Wildman–Crippen MR) is 89.7 cm³/mol. The largest absolute Gasteiger partial charge is 0.380 e. The Morgan fingerprint density at radius 1 is 1.43 bits per heavy atom. The number of rotatable bonds is 6. The zero-order valence-corrected chi connectivity index (χ0v) is 13.6. The molecule has 1 unspecified atom stereocenters. The van der Waals surface area contributed by atoms with Crippen LogP contribution in [-0.2, 0) is 16.0 Å². The summed E-state index contributed by atoms with van der Waals surface area (Å²) in [5.41, 5.74) is 8.13. The Morgan fingerprint density at radius 3 is 2.87 bits per heavy atom. The van der Waals surface area contributed by atoms with E-state index in [2.05, 4.69) is 10.6 Å². The van der Waals surface area contributed by atoms with Gasteiger partial charge in [-0.1, -0.05) is 6.07 Å². The van der Waals surface area contributed by atoms with Gasteiger partial charge in [-0.2, -0.15) is 0 Å². The molecular weight excluding hydrogens is 296 g/mol. The first-order valence-corrected chi connectivity index (χ1v) is 7.80. The number of methoxy groups -OCH3 is 1. The maximum absolute atomic E-state index is 12.1. The van der Waals surface area contributed by atoms with Crippen molar-refractivity contribution in [1.82, 2.24) is 5.32 Å². The molecule has 1 aromatic carbocycles. The standard InChI is InChI=1S/C16H24N4O3/c1-3-18-16(22)20-7-6-11-4-5-12(8-14(11)20)19-15(21)9-13(10-17)23-2/h4-5,8,13H,3,6-7,9-10,17H2,1-2H3,(H,18,22)(H,19,21). The van der Waals surface area contributed by atoms with E-state index < -0.39 is 0 Å². The molecule has 0 saturated carbocycles. The van der Waals surface area contributed by atoms with Crippen LogP contribution in [0.25, 0.3) is 0 Å². The van der Waals surface area contributed by atoms with Crippen LogP contribution in [0.2, 0.25) is 0 Å². The van der Waals surface area contributed by atoms with Gasteiger partial charge in [0.05, 0.1) is 18.2 Å². The van der Waals surface area contributed by atoms with E-state index in [1.165, 1.54) is 7.11 Å². The fourth-order valence-electron chi connectivity index (χ4n) is 2.60. The first-order valence-electron chi connectivity index (χ1n) is 7.80. The molecule has 0 radical (unpaired) electrons. The van der Waals surface area contributed by atoms with Gasteiger partial charge in [0.25, 0.3) is 0 Å². The number of hydrogen-bond acceptors (Lipinski definition) is 4. The molecule has 4 N–H and O–H groups in total. The van der Waals surface area contributed by atoms with E-state index >= 15 is 0 Å². The van der Waals surface area contributed by atoms with Crippen molar-refractivity contribution in [1.29, 1.82) is 0 Å². The minimum Gasteiger partial charge on any atom is -0.380 e. The van der Waals surface area contributed by atoms with Gasteiger partial charge in [0, 0.05) is 32.4 Å². The average Bonchev–Trinajstić information content (AvgIpc) is 2.96. The zero-order valence-electron chi connectivity index (χ0n) is 13.6. The number of nitrogens with one attached hydrogen (secondary N) is 2. The highest BCUT2D eigenvalue weighted by molar-refractivity contribution is 5.96. The van der Waals surface area contributed by atoms with E-state index in [1.807, 2.05) is 25.1 Å². The molecule has 7 heteroatoms. The first-order chi connectivity index (χ1) is 11.1. The Balaban J connectivity index is 2.07. The molecular formula is C16H24N4O3. The van der Waals surface area contributed by atoms with Gasteiger partial charge in [0.2, 0.25) is 5.91 Å². The predicted octanol–water partition coefficient (Wildman–Crippen LogP) is 1.08. The van der Waals surface area contributed by atoms with Gasteiger partial charge in [0.1, 0.15) is 0 Å². The summed E-state index contributed by atoms with van der Waals surface area (Å²) < 4.78 is 5.11. The van der Waals surface area contributed by atoms with Crippen molar-refractivity contribution < 1.29 is 14.3 Å². The van der Waals surface area contributed by atoms with Crippen LogP contribution >= 0.6 is 0 Å². The van der Waals surface area contributed by atoms with Crippen molar-refractivity contribution >= 4 is 23.3 Å². The lowest BCUT2D eigenvalue weighted by Gasteiger charge is -2.18. The summed E-state index contributed by atoms with van der Waals surface area (Å²) in [4.78, 5) is 25.8. The number of nitrogens with zero attached hydrogens (tertiary/aromatic N) is 1. The first kappa shape index (κ1) is 17.2. The summed E-state index contributed by atoms with van der Waals surface area (Å²) in [6, 6.07) is 5.51. The van der Waals surface area contributed by atoms with Crippen LogP contribution in [0.4, 0.5) is 16.2 Å². The second-order valence-electron chi connectivity index (χ2n) is 5.43. The van der Waals surface area contributed by atoms with Gasteiger partial charge in [-0.3, -0.25) is 9.69 Å². The average molecular weight is 320 g/mol. The van der Waals surface area contributed by atoms with Crippen molar-refractivity contribution in [3.8, 4) is 0 Å². The van der Waals surface area contributed by atoms with Gasteiger partial charge in [-0.25, -0.2) is 4.79 Å². The Kier molecular flexibility index (Phi) is 5.95. The van der Waals surface area contributed by atoms with Crippen LogP contribution in [0.3, 0.4) is 0 Å². The SMILES string of the molecule is CCNC(=O)N1CCc2ccc(NC(=O)CC(CN)OC)cc21. The molecule has 1 heterocycles. The lowest BCUT2D eigenvalue weighted by Crippen LogP contribution is -2.38. The summed E-state index contributed by atoms with van der Waals surface area (Å²) in [6.45, 7) is 3.41. The fraction of sp³-hybridized carbons (Fsp3) is 0.500. The topological polar surface area (TPSA) is 96.7 Å². The third-order valence-electron chi connectivity index (χ3n) is 3.85. The quantitative estimate of drug-likeness (QED) is 0.731. The third kappa shape index (κ3) is 4.20. The Hall–Kier alpha value is -2.12. The number of benzene rings is 1. The summed E-state index contributed by atoms with van der Waals surface area (Å²) in [5.74, 6) is -0.162. The number of carbonyl (C=O) groups excluding carboxylic acids is 2. The molecule has 7 nitrogen and oxygen atoms in total. The molecule has 0 bridgehead atoms. The molecule has 1 aliphatic rings. The van der Waals surface area contributed by atoms with Crippen LogP contribution in [0.15, 0.2) is 18.2 Å². The maximum atomic E-state index is 12.1. The second kappa shape index (κ2) is 7.94. The number of anilines is 2. The lowest BCUT2D eigenvalue weighted by atomic mass is 10.1. The fourth-order valence-corrected chi connectivity index (χ4v) is 2.60. The molecule has 23 heavy (non-hydrogen) atoms. The van der Waals surface area contributed by atoms with Crippen LogP contribution in [-0.4, -0.2) is 44.8 Å². The van der Waals surface area contributed by atoms with E-state index in [9.17, 15) is 9.59 Å². The minimum absolute atomic E-state index is 0.114. The van der Waals surface area contributed by atoms with Gasteiger partial charge in [-0.05, 0) is 31.0 Å². The Morgan fingerprint density at radius 2 is 2.22 bits per heavy atom. The summed E-state index contributed by atoms with van der Waals surface area (Å²) >= 11 is 0. The number of hydrogen-bond donors (Lipinski definition) is 3. The minimum atomic E-state index is -0.295. The number of carbonyl (C=O) groups is 2. The maximum Gasteiger partial charge on any atom is 0.321 e. The van der Waals surface area contributed by atoms with Crippen LogP contribution < -0.4 is 21.3 Å².